The van der Waals surface area contributed by atoms with Crippen LogP contribution in [0.4, 0.5) is 13.2 Å². The molecule has 2 N–H and O–H groups in total. The number of carbonyl (C=O) groups is 1. The molecule has 19 heavy (non-hydrogen) atoms. The molecular weight excluding hydrogens is 261 g/mol. The highest BCUT2D eigenvalue weighted by molar-refractivity contribution is 5.71. The Hall–Kier alpha value is -1.50. The molecule has 1 aromatic rings. The van der Waals surface area contributed by atoms with E-state index in [1.165, 1.54) is 30.0 Å². The number of hydrogen-bond donors (Lipinski definition) is 2. The molecule has 2 rings (SSSR count). The van der Waals surface area contributed by atoms with E-state index in [0.717, 1.165) is 0 Å². The summed E-state index contributed by atoms with van der Waals surface area (Å²) in [6.45, 7) is 1.73. The van der Waals surface area contributed by atoms with Crippen molar-refractivity contribution in [1.82, 2.24) is 9.88 Å². The molecule has 0 bridgehead atoms. The van der Waals surface area contributed by atoms with E-state index in [-0.39, 0.29) is 12.0 Å². The Bertz CT molecular complexity index is 476. The number of aromatic nitrogens is 1. The maximum absolute atomic E-state index is 13.3. The van der Waals surface area contributed by atoms with E-state index in [2.05, 4.69) is 5.32 Å². The zero-order valence-corrected chi connectivity index (χ0v) is 10.4. The van der Waals surface area contributed by atoms with E-state index in [1.807, 2.05) is 0 Å². The maximum Gasteiger partial charge on any atom is 0.410 e. The van der Waals surface area contributed by atoms with Crippen LogP contribution >= 0.6 is 0 Å². The van der Waals surface area contributed by atoms with Crippen molar-refractivity contribution in [2.24, 2.45) is 0 Å². The van der Waals surface area contributed by atoms with Crippen molar-refractivity contribution in [3.63, 3.8) is 0 Å². The normalized spacial score (nSPS) is 25.5. The van der Waals surface area contributed by atoms with Gasteiger partial charge in [-0.15, -0.1) is 0 Å². The summed E-state index contributed by atoms with van der Waals surface area (Å²) >= 11 is 0. The molecule has 0 radical (unpaired) electrons. The average molecular weight is 276 g/mol. The standard InChI is InChI=1S/C12H15F3N2O2/c1-8(10(18)19)17-6-3-9(7-17)11(12(13,14)15)4-2-5-16-11/h3,6-8,16H,2,4-5H2,1H3,(H,18,19)/t8-,11?/m0/s1. The smallest absolute Gasteiger partial charge is 0.410 e. The zero-order valence-electron chi connectivity index (χ0n) is 10.4. The topological polar surface area (TPSA) is 54.3 Å². The summed E-state index contributed by atoms with van der Waals surface area (Å²) in [5.41, 5.74) is -1.97. The van der Waals surface area contributed by atoms with Gasteiger partial charge in [-0.2, -0.15) is 13.2 Å². The fourth-order valence-corrected chi connectivity index (χ4v) is 2.43. The molecule has 2 atom stereocenters. The molecule has 0 aromatic carbocycles. The van der Waals surface area contributed by atoms with Gasteiger partial charge in [-0.25, -0.2) is 4.79 Å². The van der Waals surface area contributed by atoms with Gasteiger partial charge in [0.2, 0.25) is 0 Å². The van der Waals surface area contributed by atoms with Crippen LogP contribution in [-0.4, -0.2) is 28.4 Å². The second-order valence-corrected chi connectivity index (χ2v) is 4.80. The fourth-order valence-electron chi connectivity index (χ4n) is 2.43. The predicted octanol–water partition coefficient (Wildman–Crippen LogP) is 2.27. The van der Waals surface area contributed by atoms with Crippen LogP contribution in [0.25, 0.3) is 0 Å². The molecule has 1 aliphatic heterocycles. The molecule has 4 nitrogen and oxygen atoms in total. The number of rotatable bonds is 3. The van der Waals surface area contributed by atoms with E-state index >= 15 is 0 Å². The van der Waals surface area contributed by atoms with Gasteiger partial charge < -0.3 is 9.67 Å². The molecule has 1 unspecified atom stereocenters. The van der Waals surface area contributed by atoms with E-state index in [1.54, 1.807) is 0 Å². The summed E-state index contributed by atoms with van der Waals surface area (Å²) in [7, 11) is 0. The largest absolute Gasteiger partial charge is 0.480 e. The van der Waals surface area contributed by atoms with E-state index in [9.17, 15) is 18.0 Å². The van der Waals surface area contributed by atoms with Crippen LogP contribution in [0.15, 0.2) is 18.5 Å². The van der Waals surface area contributed by atoms with Gasteiger partial charge in [-0.3, -0.25) is 5.32 Å². The van der Waals surface area contributed by atoms with Crippen molar-refractivity contribution in [3.8, 4) is 0 Å². The van der Waals surface area contributed by atoms with Crippen LogP contribution in [0.2, 0.25) is 0 Å². The second-order valence-electron chi connectivity index (χ2n) is 4.80. The van der Waals surface area contributed by atoms with Crippen molar-refractivity contribution >= 4 is 5.97 Å². The minimum Gasteiger partial charge on any atom is -0.480 e. The Kier molecular flexibility index (Phi) is 3.34. The minimum absolute atomic E-state index is 0.0258. The summed E-state index contributed by atoms with van der Waals surface area (Å²) in [5, 5.41) is 11.4. The molecule has 1 saturated heterocycles. The molecule has 1 fully saturated rings. The number of hydrogen-bond acceptors (Lipinski definition) is 2. The first-order valence-corrected chi connectivity index (χ1v) is 6.00. The zero-order chi connectivity index (χ0) is 14.3. The van der Waals surface area contributed by atoms with E-state index < -0.39 is 23.7 Å². The third-order valence-corrected chi connectivity index (χ3v) is 3.65. The predicted molar refractivity (Wildman–Crippen MR) is 61.7 cm³/mol. The van der Waals surface area contributed by atoms with Crippen LogP contribution in [0.3, 0.4) is 0 Å². The molecular formula is C12H15F3N2O2. The van der Waals surface area contributed by atoms with Gasteiger partial charge in [0, 0.05) is 12.4 Å². The van der Waals surface area contributed by atoms with Crippen molar-refractivity contribution in [1.29, 1.82) is 0 Å². The summed E-state index contributed by atoms with van der Waals surface area (Å²) < 4.78 is 41.1. The van der Waals surface area contributed by atoms with Gasteiger partial charge in [0.25, 0.3) is 0 Å². The van der Waals surface area contributed by atoms with Crippen LogP contribution in [0.1, 0.15) is 31.4 Å². The van der Waals surface area contributed by atoms with Gasteiger partial charge in [0.05, 0.1) is 0 Å². The molecule has 0 aliphatic carbocycles. The molecule has 0 saturated carbocycles. The SMILES string of the molecule is C[C@@H](C(=O)O)n1ccc(C2(C(F)(F)F)CCCN2)c1. The molecule has 1 aromatic heterocycles. The lowest BCUT2D eigenvalue weighted by Crippen LogP contribution is -2.49. The number of nitrogens with one attached hydrogen (secondary N) is 1. The van der Waals surface area contributed by atoms with Gasteiger partial charge in [-0.05, 0) is 37.9 Å². The Morgan fingerprint density at radius 3 is 2.74 bits per heavy atom. The van der Waals surface area contributed by atoms with Crippen LogP contribution in [0, 0.1) is 0 Å². The number of carboxylic acid groups (broad SMARTS) is 1. The highest BCUT2D eigenvalue weighted by Crippen LogP contribution is 2.45. The number of nitrogens with zero attached hydrogens (tertiary/aromatic N) is 1. The Morgan fingerprint density at radius 2 is 2.26 bits per heavy atom. The first-order valence-electron chi connectivity index (χ1n) is 6.00. The third-order valence-electron chi connectivity index (χ3n) is 3.65. The van der Waals surface area contributed by atoms with Gasteiger partial charge in [0.1, 0.15) is 11.6 Å². The molecule has 7 heteroatoms. The fraction of sp³-hybridized carbons (Fsp3) is 0.583. The lowest BCUT2D eigenvalue weighted by Gasteiger charge is -2.31. The lowest BCUT2D eigenvalue weighted by molar-refractivity contribution is -0.196. The Balaban J connectivity index is 2.37. The number of alkyl halides is 3. The Morgan fingerprint density at radius 1 is 1.58 bits per heavy atom. The summed E-state index contributed by atoms with van der Waals surface area (Å²) in [4.78, 5) is 10.8. The van der Waals surface area contributed by atoms with Crippen LogP contribution < -0.4 is 5.32 Å². The molecule has 1 aliphatic rings. The van der Waals surface area contributed by atoms with E-state index in [0.29, 0.717) is 13.0 Å². The maximum atomic E-state index is 13.3. The average Bonchev–Trinajstić information content (AvgIpc) is 2.96. The monoisotopic (exact) mass is 276 g/mol. The van der Waals surface area contributed by atoms with Gasteiger partial charge in [0.15, 0.2) is 0 Å². The van der Waals surface area contributed by atoms with E-state index in [4.69, 9.17) is 5.11 Å². The second kappa shape index (κ2) is 4.56. The molecule has 2 heterocycles. The highest BCUT2D eigenvalue weighted by atomic mass is 19.4. The van der Waals surface area contributed by atoms with Gasteiger partial charge in [-0.1, -0.05) is 0 Å². The first-order chi connectivity index (χ1) is 8.78. The van der Waals surface area contributed by atoms with Crippen LogP contribution in [-0.2, 0) is 10.3 Å². The molecule has 0 spiro atoms. The highest BCUT2D eigenvalue weighted by Gasteiger charge is 2.57. The summed E-state index contributed by atoms with van der Waals surface area (Å²) in [6.07, 6.45) is -1.34. The van der Waals surface area contributed by atoms with Crippen LogP contribution in [0.5, 0.6) is 0 Å². The van der Waals surface area contributed by atoms with Crippen molar-refractivity contribution in [3.05, 3.63) is 24.0 Å². The number of aliphatic carboxylic acids is 1. The minimum atomic E-state index is -4.40. The third kappa shape index (κ3) is 2.22. The Labute approximate surface area is 108 Å². The molecule has 106 valence electrons. The quantitative estimate of drug-likeness (QED) is 0.890. The van der Waals surface area contributed by atoms with Crippen molar-refractivity contribution in [2.45, 2.75) is 37.5 Å². The van der Waals surface area contributed by atoms with Crippen molar-refractivity contribution < 1.29 is 23.1 Å². The van der Waals surface area contributed by atoms with Crippen molar-refractivity contribution in [2.75, 3.05) is 6.54 Å². The number of halogens is 3. The number of carboxylic acids is 1. The summed E-state index contributed by atoms with van der Waals surface area (Å²) in [6, 6.07) is 0.450. The lowest BCUT2D eigenvalue weighted by atomic mass is 9.90. The molecule has 0 amide bonds. The van der Waals surface area contributed by atoms with Gasteiger partial charge >= 0.3 is 12.1 Å². The summed E-state index contributed by atoms with van der Waals surface area (Å²) in [5.74, 6) is -1.08. The first kappa shape index (κ1) is 13.9.